The molecule has 2 rings (SSSR count). The molecular formula is C13H19N3O3. The van der Waals surface area contributed by atoms with E-state index in [-0.39, 0.29) is 24.3 Å². The molecule has 1 aromatic heterocycles. The van der Waals surface area contributed by atoms with Gasteiger partial charge in [-0.2, -0.15) is 0 Å². The van der Waals surface area contributed by atoms with Gasteiger partial charge >= 0.3 is 0 Å². The average Bonchev–Trinajstić information content (AvgIpc) is 3.05. The summed E-state index contributed by atoms with van der Waals surface area (Å²) in [7, 11) is 0. The van der Waals surface area contributed by atoms with Crippen LogP contribution in [0.2, 0.25) is 0 Å². The Labute approximate surface area is 111 Å². The molecule has 0 atom stereocenters. The van der Waals surface area contributed by atoms with E-state index < -0.39 is 0 Å². The first kappa shape index (κ1) is 13.5. The van der Waals surface area contributed by atoms with Crippen LogP contribution in [0.15, 0.2) is 21.9 Å². The largest absolute Gasteiger partial charge is 0.459 e. The zero-order valence-corrected chi connectivity index (χ0v) is 11.0. The van der Waals surface area contributed by atoms with Crippen LogP contribution in [-0.2, 0) is 0 Å². The molecule has 104 valence electrons. The molecule has 0 saturated heterocycles. The van der Waals surface area contributed by atoms with Crippen molar-refractivity contribution in [3.8, 4) is 0 Å². The monoisotopic (exact) mass is 265 g/mol. The van der Waals surface area contributed by atoms with Gasteiger partial charge in [-0.25, -0.2) is 0 Å². The Kier molecular flexibility index (Phi) is 4.09. The van der Waals surface area contributed by atoms with Crippen LogP contribution in [0.5, 0.6) is 0 Å². The lowest BCUT2D eigenvalue weighted by molar-refractivity contribution is 0.0679. The molecule has 1 aromatic rings. The summed E-state index contributed by atoms with van der Waals surface area (Å²) < 4.78 is 5.25. The molecule has 1 aliphatic carbocycles. The smallest absolute Gasteiger partial charge is 0.290 e. The number of carbonyl (C=O) groups is 1. The molecule has 0 radical (unpaired) electrons. The lowest BCUT2D eigenvalue weighted by Gasteiger charge is -2.27. The number of amidine groups is 1. The van der Waals surface area contributed by atoms with Crippen molar-refractivity contribution in [3.05, 3.63) is 23.7 Å². The van der Waals surface area contributed by atoms with Gasteiger partial charge in [0.2, 0.25) is 0 Å². The van der Waals surface area contributed by atoms with Gasteiger partial charge in [0.05, 0.1) is 12.8 Å². The summed E-state index contributed by atoms with van der Waals surface area (Å²) >= 11 is 0. The summed E-state index contributed by atoms with van der Waals surface area (Å²) in [6.07, 6.45) is 5.59. The van der Waals surface area contributed by atoms with Crippen molar-refractivity contribution in [3.63, 3.8) is 0 Å². The molecule has 0 bridgehead atoms. The van der Waals surface area contributed by atoms with E-state index in [0.717, 1.165) is 31.2 Å². The van der Waals surface area contributed by atoms with Gasteiger partial charge in [-0.05, 0) is 25.8 Å². The molecule has 1 amide bonds. The number of oxime groups is 1. The van der Waals surface area contributed by atoms with E-state index in [4.69, 9.17) is 15.4 Å². The summed E-state index contributed by atoms with van der Waals surface area (Å²) in [5, 5.41) is 11.7. The summed E-state index contributed by atoms with van der Waals surface area (Å²) in [4.78, 5) is 14.2. The third-order valence-corrected chi connectivity index (χ3v) is 3.54. The lowest BCUT2D eigenvalue weighted by atomic mass is 10.1. The maximum Gasteiger partial charge on any atom is 0.290 e. The molecular weight excluding hydrogens is 246 g/mol. The minimum Gasteiger partial charge on any atom is -0.459 e. The van der Waals surface area contributed by atoms with Crippen LogP contribution in [0.25, 0.3) is 0 Å². The van der Waals surface area contributed by atoms with E-state index in [9.17, 15) is 4.79 Å². The van der Waals surface area contributed by atoms with Crippen molar-refractivity contribution in [2.75, 3.05) is 6.54 Å². The average molecular weight is 265 g/mol. The maximum absolute atomic E-state index is 12.5. The van der Waals surface area contributed by atoms with E-state index in [2.05, 4.69) is 5.16 Å². The molecule has 0 aromatic carbocycles. The Morgan fingerprint density at radius 2 is 2.26 bits per heavy atom. The van der Waals surface area contributed by atoms with E-state index >= 15 is 0 Å². The van der Waals surface area contributed by atoms with Crippen molar-refractivity contribution in [2.24, 2.45) is 10.9 Å². The summed E-state index contributed by atoms with van der Waals surface area (Å²) in [6.45, 7) is 1.95. The molecule has 1 heterocycles. The Morgan fingerprint density at radius 1 is 1.58 bits per heavy atom. The second kappa shape index (κ2) is 5.77. The topological polar surface area (TPSA) is 92.1 Å². The van der Waals surface area contributed by atoms with Gasteiger partial charge in [0.1, 0.15) is 0 Å². The molecule has 0 aliphatic heterocycles. The standard InChI is InChI=1S/C13H19N3O3/c1-9-6-7-19-12(9)13(17)16(8-11(14)15-18)10-4-2-3-5-10/h6-7,10,18H,2-5,8H2,1H3,(H2,14,15). The zero-order valence-electron chi connectivity index (χ0n) is 11.0. The number of carbonyl (C=O) groups excluding carboxylic acids is 1. The molecule has 6 heteroatoms. The summed E-state index contributed by atoms with van der Waals surface area (Å²) in [6, 6.07) is 1.89. The normalized spacial score (nSPS) is 16.8. The van der Waals surface area contributed by atoms with Crippen molar-refractivity contribution in [1.82, 2.24) is 4.90 Å². The van der Waals surface area contributed by atoms with E-state index in [1.807, 2.05) is 6.92 Å². The SMILES string of the molecule is Cc1ccoc1C(=O)N(CC(N)=NO)C1CCCC1. The van der Waals surface area contributed by atoms with Crippen molar-refractivity contribution >= 4 is 11.7 Å². The quantitative estimate of drug-likeness (QED) is 0.375. The van der Waals surface area contributed by atoms with Gasteiger partial charge < -0.3 is 20.3 Å². The molecule has 1 aliphatic rings. The second-order valence-electron chi connectivity index (χ2n) is 4.90. The minimum absolute atomic E-state index is 0.0319. The van der Waals surface area contributed by atoms with Crippen LogP contribution >= 0.6 is 0 Å². The first-order valence-electron chi connectivity index (χ1n) is 6.45. The number of hydrogen-bond acceptors (Lipinski definition) is 4. The molecule has 0 unspecified atom stereocenters. The van der Waals surface area contributed by atoms with Gasteiger partial charge in [-0.3, -0.25) is 4.79 Å². The Morgan fingerprint density at radius 3 is 2.79 bits per heavy atom. The number of furan rings is 1. The summed E-state index contributed by atoms with van der Waals surface area (Å²) in [5.74, 6) is 0.170. The van der Waals surface area contributed by atoms with Gasteiger partial charge in [-0.1, -0.05) is 18.0 Å². The first-order chi connectivity index (χ1) is 9.13. The molecule has 1 fully saturated rings. The third-order valence-electron chi connectivity index (χ3n) is 3.54. The molecule has 19 heavy (non-hydrogen) atoms. The highest BCUT2D eigenvalue weighted by Gasteiger charge is 2.30. The van der Waals surface area contributed by atoms with Crippen LogP contribution in [0.1, 0.15) is 41.8 Å². The molecule has 0 spiro atoms. The van der Waals surface area contributed by atoms with Crippen LogP contribution in [0.3, 0.4) is 0 Å². The number of hydrogen-bond donors (Lipinski definition) is 2. The Hall–Kier alpha value is -1.98. The van der Waals surface area contributed by atoms with Gasteiger partial charge in [-0.15, -0.1) is 0 Å². The number of aryl methyl sites for hydroxylation is 1. The molecule has 6 nitrogen and oxygen atoms in total. The lowest BCUT2D eigenvalue weighted by Crippen LogP contribution is -2.44. The van der Waals surface area contributed by atoms with Crippen LogP contribution in [0.4, 0.5) is 0 Å². The van der Waals surface area contributed by atoms with Gasteiger partial charge in [0.25, 0.3) is 5.91 Å². The van der Waals surface area contributed by atoms with E-state index in [1.165, 1.54) is 6.26 Å². The molecule has 3 N–H and O–H groups in total. The predicted octanol–water partition coefficient (Wildman–Crippen LogP) is 1.72. The van der Waals surface area contributed by atoms with Crippen LogP contribution < -0.4 is 5.73 Å². The summed E-state index contributed by atoms with van der Waals surface area (Å²) in [5.41, 5.74) is 6.34. The van der Waals surface area contributed by atoms with Gasteiger partial charge in [0.15, 0.2) is 11.6 Å². The number of nitrogens with zero attached hydrogens (tertiary/aromatic N) is 2. The van der Waals surface area contributed by atoms with E-state index in [0.29, 0.717) is 5.76 Å². The number of amides is 1. The zero-order chi connectivity index (χ0) is 13.8. The first-order valence-corrected chi connectivity index (χ1v) is 6.45. The maximum atomic E-state index is 12.5. The highest BCUT2D eigenvalue weighted by molar-refractivity contribution is 5.96. The van der Waals surface area contributed by atoms with Crippen molar-refractivity contribution < 1.29 is 14.4 Å². The van der Waals surface area contributed by atoms with Crippen molar-refractivity contribution in [2.45, 2.75) is 38.6 Å². The highest BCUT2D eigenvalue weighted by atomic mass is 16.4. The van der Waals surface area contributed by atoms with Gasteiger partial charge in [0, 0.05) is 11.6 Å². The highest BCUT2D eigenvalue weighted by Crippen LogP contribution is 2.25. The minimum atomic E-state index is -0.194. The number of nitrogens with two attached hydrogens (primary N) is 1. The Balaban J connectivity index is 2.21. The predicted molar refractivity (Wildman–Crippen MR) is 70.1 cm³/mol. The van der Waals surface area contributed by atoms with E-state index in [1.54, 1.807) is 11.0 Å². The molecule has 1 saturated carbocycles. The van der Waals surface area contributed by atoms with Crippen LogP contribution in [-0.4, -0.2) is 34.4 Å². The fourth-order valence-electron chi connectivity index (χ4n) is 2.51. The fraction of sp³-hybridized carbons (Fsp3) is 0.538. The third kappa shape index (κ3) is 2.89. The van der Waals surface area contributed by atoms with Crippen molar-refractivity contribution in [1.29, 1.82) is 0 Å². The second-order valence-corrected chi connectivity index (χ2v) is 4.90. The fourth-order valence-corrected chi connectivity index (χ4v) is 2.51. The number of rotatable bonds is 4. The van der Waals surface area contributed by atoms with Crippen LogP contribution in [0, 0.1) is 6.92 Å². The Bertz CT molecular complexity index is 475.